The molecule has 4 aromatic rings. The van der Waals surface area contributed by atoms with Crippen molar-refractivity contribution in [2.24, 2.45) is 0 Å². The van der Waals surface area contributed by atoms with Crippen LogP contribution in [0.3, 0.4) is 0 Å². The van der Waals surface area contributed by atoms with E-state index in [0.29, 0.717) is 13.2 Å². The second-order valence-electron chi connectivity index (χ2n) is 14.2. The first-order valence-electron chi connectivity index (χ1n) is 16.4. The highest BCUT2D eigenvalue weighted by Gasteiger charge is 2.49. The molecule has 48 heavy (non-hydrogen) atoms. The molecule has 1 aliphatic heterocycles. The zero-order chi connectivity index (χ0) is 34.1. The predicted octanol–water partition coefficient (Wildman–Crippen LogP) is 5.86. The van der Waals surface area contributed by atoms with Crippen molar-refractivity contribution in [1.82, 2.24) is 34.2 Å². The molecule has 0 bridgehead atoms. The summed E-state index contributed by atoms with van der Waals surface area (Å²) in [5.74, 6) is 0.127. The Labute approximate surface area is 278 Å². The molecule has 5 heterocycles. The number of alkyl halides is 3. The van der Waals surface area contributed by atoms with Gasteiger partial charge in [0, 0.05) is 63.2 Å². The largest absolute Gasteiger partial charge is 0.433 e. The van der Waals surface area contributed by atoms with Gasteiger partial charge in [-0.1, -0.05) is 19.6 Å². The maximum absolute atomic E-state index is 13.3. The Morgan fingerprint density at radius 3 is 2.62 bits per heavy atom. The van der Waals surface area contributed by atoms with Gasteiger partial charge in [0.1, 0.15) is 30.2 Å². The molecule has 0 amide bonds. The first-order valence-corrected chi connectivity index (χ1v) is 20.1. The summed E-state index contributed by atoms with van der Waals surface area (Å²) in [5.41, 5.74) is 1.18. The van der Waals surface area contributed by atoms with Gasteiger partial charge < -0.3 is 24.6 Å². The second-order valence-corrected chi connectivity index (χ2v) is 19.9. The third kappa shape index (κ3) is 7.41. The minimum absolute atomic E-state index is 0.0299. The summed E-state index contributed by atoms with van der Waals surface area (Å²) < 4.78 is 49.8. The smallest absolute Gasteiger partial charge is 0.392 e. The van der Waals surface area contributed by atoms with Gasteiger partial charge in [-0.2, -0.15) is 23.5 Å². The molecular weight excluding hydrogens is 640 g/mol. The highest BCUT2D eigenvalue weighted by molar-refractivity contribution is 6.76. The number of hydrogen-bond donors (Lipinski definition) is 2. The molecule has 0 atom stereocenters. The lowest BCUT2D eigenvalue weighted by molar-refractivity contribution is -0.141. The highest BCUT2D eigenvalue weighted by atomic mass is 28.3. The summed E-state index contributed by atoms with van der Waals surface area (Å²) in [5, 5.41) is 28.0. The van der Waals surface area contributed by atoms with Crippen LogP contribution in [-0.4, -0.2) is 79.2 Å². The zero-order valence-corrected chi connectivity index (χ0v) is 28.5. The van der Waals surface area contributed by atoms with Crippen LogP contribution in [0.25, 0.3) is 22.3 Å². The summed E-state index contributed by atoms with van der Waals surface area (Å²) in [6, 6.07) is 8.06. The maximum atomic E-state index is 13.3. The number of aliphatic hydroxyl groups is 1. The molecule has 6 rings (SSSR count). The molecule has 1 aliphatic carbocycles. The fourth-order valence-electron chi connectivity index (χ4n) is 6.73. The number of halogens is 3. The van der Waals surface area contributed by atoms with E-state index in [4.69, 9.17) is 9.84 Å². The van der Waals surface area contributed by atoms with Gasteiger partial charge in [-0.25, -0.2) is 15.0 Å². The molecule has 0 aromatic carbocycles. The van der Waals surface area contributed by atoms with E-state index in [1.54, 1.807) is 12.5 Å². The van der Waals surface area contributed by atoms with Crippen LogP contribution >= 0.6 is 0 Å². The molecular formula is C33H42F3N9O2Si. The van der Waals surface area contributed by atoms with Crippen molar-refractivity contribution < 1.29 is 23.0 Å². The SMILES string of the molecule is C[Si](C)(C)CCOCn1ccc2c(-c3cnn(C4(CC#N)CC(N5CCC(Nc6cc(CO)cc(C(F)(F)F)n6)CC5)C4)c3)ncnc21. The Hall–Kier alpha value is -3.84. The standard InChI is InChI=1S/C33H42F3N9O2Si/c1-48(2,3)13-12-47-22-44-11-6-27-30(38-21-39-31(27)44)24-18-40-45(19-24)32(7-8-37)16-26(17-32)43-9-4-25(5-10-43)41-29-15-23(20-46)14-28(42-29)33(34,35)36/h6,11,14-15,18-19,21,25-26,46H,4-5,7,9-10,12-13,16-17,20,22H2,1-3H3,(H,41,42). The number of piperidine rings is 1. The average Bonchev–Trinajstić information content (AvgIpc) is 3.68. The number of anilines is 1. The molecule has 0 radical (unpaired) electrons. The van der Waals surface area contributed by atoms with Crippen molar-refractivity contribution in [1.29, 1.82) is 5.26 Å². The summed E-state index contributed by atoms with van der Waals surface area (Å²) in [6.45, 7) is 9.20. The molecule has 2 N–H and O–H groups in total. The number of ether oxygens (including phenoxy) is 1. The Kier molecular flexibility index (Phi) is 9.63. The van der Waals surface area contributed by atoms with Gasteiger partial charge in [0.05, 0.1) is 36.5 Å². The lowest BCUT2D eigenvalue weighted by Crippen LogP contribution is -2.58. The zero-order valence-electron chi connectivity index (χ0n) is 27.5. The Morgan fingerprint density at radius 2 is 1.94 bits per heavy atom. The number of hydrogen-bond acceptors (Lipinski definition) is 9. The Morgan fingerprint density at radius 1 is 1.17 bits per heavy atom. The topological polar surface area (TPSA) is 130 Å². The monoisotopic (exact) mass is 681 g/mol. The summed E-state index contributed by atoms with van der Waals surface area (Å²) in [4.78, 5) is 15.3. The molecule has 256 valence electrons. The number of likely N-dealkylation sites (tertiary alicyclic amines) is 1. The van der Waals surface area contributed by atoms with Crippen LogP contribution in [0.5, 0.6) is 0 Å². The van der Waals surface area contributed by atoms with E-state index in [0.717, 1.165) is 79.8 Å². The normalized spacial score (nSPS) is 20.9. The first kappa shape index (κ1) is 34.0. The van der Waals surface area contributed by atoms with E-state index < -0.39 is 32.1 Å². The van der Waals surface area contributed by atoms with Gasteiger partial charge in [-0.15, -0.1) is 0 Å². The summed E-state index contributed by atoms with van der Waals surface area (Å²) >= 11 is 0. The van der Waals surface area contributed by atoms with Gasteiger partial charge >= 0.3 is 6.18 Å². The number of pyridine rings is 1. The van der Waals surface area contributed by atoms with Gasteiger partial charge in [0.15, 0.2) is 0 Å². The highest BCUT2D eigenvalue weighted by Crippen LogP contribution is 2.45. The van der Waals surface area contributed by atoms with Crippen molar-refractivity contribution in [3.8, 4) is 17.3 Å². The van der Waals surface area contributed by atoms with E-state index in [1.807, 2.05) is 27.7 Å². The van der Waals surface area contributed by atoms with Crippen LogP contribution in [0.15, 0.2) is 43.1 Å². The number of nitrogens with zero attached hydrogens (tertiary/aromatic N) is 8. The van der Waals surface area contributed by atoms with Gasteiger partial charge in [0.2, 0.25) is 0 Å². The third-order valence-corrected chi connectivity index (χ3v) is 11.2. The molecule has 2 aliphatic rings. The molecule has 1 saturated heterocycles. The van der Waals surface area contributed by atoms with Crippen molar-refractivity contribution in [3.05, 3.63) is 54.4 Å². The molecule has 15 heteroatoms. The lowest BCUT2D eigenvalue weighted by atomic mass is 9.69. The fourth-order valence-corrected chi connectivity index (χ4v) is 7.49. The molecule has 11 nitrogen and oxygen atoms in total. The van der Waals surface area contributed by atoms with Crippen LogP contribution in [-0.2, 0) is 29.8 Å². The fraction of sp³-hybridized carbons (Fsp3) is 0.545. The quantitative estimate of drug-likeness (QED) is 0.140. The van der Waals surface area contributed by atoms with Crippen molar-refractivity contribution in [2.75, 3.05) is 25.0 Å². The number of nitriles is 1. The number of fused-ring (bicyclic) bond motifs is 1. The summed E-state index contributed by atoms with van der Waals surface area (Å²) in [7, 11) is -1.18. The minimum Gasteiger partial charge on any atom is -0.392 e. The van der Waals surface area contributed by atoms with Gasteiger partial charge in [-0.05, 0) is 55.5 Å². The number of aliphatic hydroxyl groups excluding tert-OH is 1. The van der Waals surface area contributed by atoms with Crippen LogP contribution in [0.2, 0.25) is 25.7 Å². The van der Waals surface area contributed by atoms with Crippen molar-refractivity contribution in [2.45, 2.75) is 94.9 Å². The van der Waals surface area contributed by atoms with Gasteiger partial charge in [-0.3, -0.25) is 4.68 Å². The Balaban J connectivity index is 1.08. The maximum Gasteiger partial charge on any atom is 0.433 e. The number of aromatic nitrogens is 6. The van der Waals surface area contributed by atoms with E-state index >= 15 is 0 Å². The number of nitrogens with one attached hydrogen (secondary N) is 1. The summed E-state index contributed by atoms with van der Waals surface area (Å²) in [6.07, 6.45) is 6.10. The third-order valence-electron chi connectivity index (χ3n) is 9.52. The van der Waals surface area contributed by atoms with Crippen LogP contribution in [0.4, 0.5) is 19.0 Å². The lowest BCUT2D eigenvalue weighted by Gasteiger charge is -2.52. The van der Waals surface area contributed by atoms with Crippen LogP contribution in [0, 0.1) is 11.3 Å². The van der Waals surface area contributed by atoms with Gasteiger partial charge in [0.25, 0.3) is 0 Å². The van der Waals surface area contributed by atoms with E-state index in [1.165, 1.54) is 6.07 Å². The van der Waals surface area contributed by atoms with E-state index in [-0.39, 0.29) is 23.5 Å². The molecule has 0 unspecified atom stereocenters. The van der Waals surface area contributed by atoms with Crippen molar-refractivity contribution in [3.63, 3.8) is 0 Å². The molecule has 0 spiro atoms. The van der Waals surface area contributed by atoms with Crippen LogP contribution in [0.1, 0.15) is 43.4 Å². The molecule has 1 saturated carbocycles. The molecule has 2 fully saturated rings. The van der Waals surface area contributed by atoms with E-state index in [9.17, 15) is 23.5 Å². The average molecular weight is 682 g/mol. The van der Waals surface area contributed by atoms with E-state index in [2.05, 4.69) is 50.9 Å². The Bertz CT molecular complexity index is 1760. The minimum atomic E-state index is -4.59. The van der Waals surface area contributed by atoms with Crippen LogP contribution < -0.4 is 5.32 Å². The predicted molar refractivity (Wildman–Crippen MR) is 177 cm³/mol. The first-order chi connectivity index (χ1) is 22.9. The molecule has 4 aromatic heterocycles. The number of rotatable bonds is 12. The second kappa shape index (κ2) is 13.6. The van der Waals surface area contributed by atoms with Crippen molar-refractivity contribution >= 4 is 24.9 Å².